The Morgan fingerprint density at radius 2 is 2.16 bits per heavy atom. The molecule has 0 bridgehead atoms. The van der Waals surface area contributed by atoms with Crippen molar-refractivity contribution < 1.29 is 9.53 Å². The average molecular weight is 337 g/mol. The molecule has 25 heavy (non-hydrogen) atoms. The summed E-state index contributed by atoms with van der Waals surface area (Å²) in [5, 5.41) is 10.7. The standard InChI is InChI=1S/C18H19N5O2/c24-18(13-6-7-16-17(10-13)21-22-20-16)23(12-15-5-3-9-25-15)11-14-4-1-2-8-19-14/h1-2,4,6-8,10,15H,3,5,9,11-12H2,(H,20,21,22). The molecule has 4 rings (SSSR count). The molecular formula is C18H19N5O2. The Kier molecular flexibility index (Phi) is 4.39. The molecule has 0 aliphatic carbocycles. The van der Waals surface area contributed by atoms with E-state index in [-0.39, 0.29) is 12.0 Å². The number of hydrogen-bond donors (Lipinski definition) is 1. The quantitative estimate of drug-likeness (QED) is 0.771. The van der Waals surface area contributed by atoms with Crippen LogP contribution in [0.5, 0.6) is 0 Å². The second-order valence-corrected chi connectivity index (χ2v) is 6.17. The molecule has 128 valence electrons. The zero-order valence-electron chi connectivity index (χ0n) is 13.8. The van der Waals surface area contributed by atoms with Gasteiger partial charge in [-0.25, -0.2) is 0 Å². The SMILES string of the molecule is O=C(c1ccc2n[nH]nc2c1)N(Cc1ccccn1)CC1CCCO1. The Morgan fingerprint density at radius 3 is 2.96 bits per heavy atom. The van der Waals surface area contributed by atoms with Crippen molar-refractivity contribution in [1.82, 2.24) is 25.3 Å². The highest BCUT2D eigenvalue weighted by atomic mass is 16.5. The summed E-state index contributed by atoms with van der Waals surface area (Å²) in [5.41, 5.74) is 2.87. The molecule has 1 fully saturated rings. The summed E-state index contributed by atoms with van der Waals surface area (Å²) in [5.74, 6) is -0.0500. The van der Waals surface area contributed by atoms with E-state index in [9.17, 15) is 4.79 Å². The van der Waals surface area contributed by atoms with Gasteiger partial charge in [0, 0.05) is 24.9 Å². The number of pyridine rings is 1. The van der Waals surface area contributed by atoms with Gasteiger partial charge in [-0.15, -0.1) is 0 Å². The van der Waals surface area contributed by atoms with Crippen LogP contribution >= 0.6 is 0 Å². The third-order valence-electron chi connectivity index (χ3n) is 4.38. The molecule has 1 saturated heterocycles. The Morgan fingerprint density at radius 1 is 1.24 bits per heavy atom. The van der Waals surface area contributed by atoms with Crippen molar-refractivity contribution in [1.29, 1.82) is 0 Å². The zero-order valence-corrected chi connectivity index (χ0v) is 13.8. The Balaban J connectivity index is 1.59. The van der Waals surface area contributed by atoms with Gasteiger partial charge >= 0.3 is 0 Å². The molecule has 1 aliphatic rings. The number of hydrogen-bond acceptors (Lipinski definition) is 5. The molecule has 0 radical (unpaired) electrons. The van der Waals surface area contributed by atoms with Crippen LogP contribution in [0.2, 0.25) is 0 Å². The molecule has 3 aromatic rings. The number of aromatic amines is 1. The van der Waals surface area contributed by atoms with Crippen molar-refractivity contribution in [3.05, 3.63) is 53.9 Å². The van der Waals surface area contributed by atoms with Crippen molar-refractivity contribution in [2.24, 2.45) is 0 Å². The van der Waals surface area contributed by atoms with Crippen LogP contribution in [0.3, 0.4) is 0 Å². The normalized spacial score (nSPS) is 17.0. The van der Waals surface area contributed by atoms with Crippen LogP contribution in [-0.4, -0.2) is 50.5 Å². The van der Waals surface area contributed by atoms with Gasteiger partial charge < -0.3 is 9.64 Å². The first kappa shape index (κ1) is 15.7. The monoisotopic (exact) mass is 337 g/mol. The first-order valence-electron chi connectivity index (χ1n) is 8.41. The summed E-state index contributed by atoms with van der Waals surface area (Å²) >= 11 is 0. The van der Waals surface area contributed by atoms with Gasteiger partial charge in [0.25, 0.3) is 5.91 Å². The summed E-state index contributed by atoms with van der Waals surface area (Å²) in [6, 6.07) is 11.1. The second-order valence-electron chi connectivity index (χ2n) is 6.17. The summed E-state index contributed by atoms with van der Waals surface area (Å²) in [6.07, 6.45) is 3.85. The predicted molar refractivity (Wildman–Crippen MR) is 91.8 cm³/mol. The predicted octanol–water partition coefficient (Wildman–Crippen LogP) is 2.17. The van der Waals surface area contributed by atoms with E-state index in [2.05, 4.69) is 20.4 Å². The van der Waals surface area contributed by atoms with Gasteiger partial charge in [0.2, 0.25) is 0 Å². The van der Waals surface area contributed by atoms with E-state index in [1.165, 1.54) is 0 Å². The van der Waals surface area contributed by atoms with Crippen molar-refractivity contribution in [2.45, 2.75) is 25.5 Å². The molecule has 1 unspecified atom stereocenters. The Labute approximate surface area is 145 Å². The fourth-order valence-electron chi connectivity index (χ4n) is 3.10. The van der Waals surface area contributed by atoms with E-state index >= 15 is 0 Å². The van der Waals surface area contributed by atoms with Gasteiger partial charge in [-0.2, -0.15) is 15.4 Å². The fourth-order valence-corrected chi connectivity index (χ4v) is 3.10. The maximum atomic E-state index is 13.1. The number of benzene rings is 1. The van der Waals surface area contributed by atoms with Crippen LogP contribution in [-0.2, 0) is 11.3 Å². The highest BCUT2D eigenvalue weighted by Crippen LogP contribution is 2.18. The van der Waals surface area contributed by atoms with Crippen molar-refractivity contribution in [3.8, 4) is 0 Å². The topological polar surface area (TPSA) is 84.0 Å². The number of carbonyl (C=O) groups excluding carboxylic acids is 1. The summed E-state index contributed by atoms with van der Waals surface area (Å²) in [6.45, 7) is 1.78. The van der Waals surface area contributed by atoms with Crippen LogP contribution < -0.4 is 0 Å². The molecule has 0 saturated carbocycles. The minimum atomic E-state index is -0.0500. The number of nitrogens with zero attached hydrogens (tertiary/aromatic N) is 4. The van der Waals surface area contributed by atoms with E-state index in [4.69, 9.17) is 4.74 Å². The van der Waals surface area contributed by atoms with Gasteiger partial charge in [-0.3, -0.25) is 9.78 Å². The first-order valence-corrected chi connectivity index (χ1v) is 8.41. The number of ether oxygens (including phenoxy) is 1. The summed E-state index contributed by atoms with van der Waals surface area (Å²) in [7, 11) is 0. The molecule has 1 aromatic carbocycles. The molecule has 1 amide bonds. The highest BCUT2D eigenvalue weighted by Gasteiger charge is 2.24. The molecule has 0 spiro atoms. The van der Waals surface area contributed by atoms with E-state index in [1.807, 2.05) is 18.2 Å². The molecular weight excluding hydrogens is 318 g/mol. The molecule has 2 aromatic heterocycles. The Hall–Kier alpha value is -2.80. The largest absolute Gasteiger partial charge is 0.376 e. The van der Waals surface area contributed by atoms with Gasteiger partial charge in [0.1, 0.15) is 11.0 Å². The lowest BCUT2D eigenvalue weighted by Gasteiger charge is -2.25. The molecule has 7 nitrogen and oxygen atoms in total. The van der Waals surface area contributed by atoms with Crippen molar-refractivity contribution in [3.63, 3.8) is 0 Å². The molecule has 7 heteroatoms. The maximum Gasteiger partial charge on any atom is 0.254 e. The third-order valence-corrected chi connectivity index (χ3v) is 4.38. The Bertz CT molecular complexity index is 858. The fraction of sp³-hybridized carbons (Fsp3) is 0.333. The van der Waals surface area contributed by atoms with Crippen LogP contribution in [0.1, 0.15) is 28.9 Å². The van der Waals surface area contributed by atoms with Crippen LogP contribution in [0.4, 0.5) is 0 Å². The third kappa shape index (κ3) is 3.51. The van der Waals surface area contributed by atoms with E-state index in [1.54, 1.807) is 29.3 Å². The van der Waals surface area contributed by atoms with Crippen molar-refractivity contribution in [2.75, 3.05) is 13.2 Å². The number of nitrogens with one attached hydrogen (secondary N) is 1. The zero-order chi connectivity index (χ0) is 17.1. The number of fused-ring (bicyclic) bond motifs is 1. The minimum absolute atomic E-state index is 0.0500. The first-order chi connectivity index (χ1) is 12.3. The van der Waals surface area contributed by atoms with Gasteiger partial charge in [0.15, 0.2) is 0 Å². The van der Waals surface area contributed by atoms with E-state index in [0.717, 1.165) is 30.7 Å². The van der Waals surface area contributed by atoms with Crippen LogP contribution in [0.15, 0.2) is 42.6 Å². The number of amides is 1. The second kappa shape index (κ2) is 6.98. The smallest absolute Gasteiger partial charge is 0.254 e. The highest BCUT2D eigenvalue weighted by molar-refractivity contribution is 5.97. The van der Waals surface area contributed by atoms with E-state index < -0.39 is 0 Å². The molecule has 1 atom stereocenters. The summed E-state index contributed by atoms with van der Waals surface area (Å²) < 4.78 is 5.72. The van der Waals surface area contributed by atoms with E-state index in [0.29, 0.717) is 24.2 Å². The number of carbonyl (C=O) groups is 1. The lowest BCUT2D eigenvalue weighted by atomic mass is 10.1. The average Bonchev–Trinajstić information content (AvgIpc) is 3.32. The van der Waals surface area contributed by atoms with Crippen LogP contribution in [0.25, 0.3) is 11.0 Å². The molecule has 1 aliphatic heterocycles. The summed E-state index contributed by atoms with van der Waals surface area (Å²) in [4.78, 5) is 19.2. The maximum absolute atomic E-state index is 13.1. The van der Waals surface area contributed by atoms with Crippen molar-refractivity contribution >= 4 is 16.9 Å². The minimum Gasteiger partial charge on any atom is -0.376 e. The lowest BCUT2D eigenvalue weighted by molar-refractivity contribution is 0.0504. The van der Waals surface area contributed by atoms with Gasteiger partial charge in [-0.05, 0) is 43.2 Å². The number of rotatable bonds is 5. The molecule has 1 N–H and O–H groups in total. The number of H-pyrrole nitrogens is 1. The lowest BCUT2D eigenvalue weighted by Crippen LogP contribution is -2.37. The van der Waals surface area contributed by atoms with Gasteiger partial charge in [0.05, 0.1) is 18.3 Å². The molecule has 3 heterocycles. The van der Waals surface area contributed by atoms with Gasteiger partial charge in [-0.1, -0.05) is 6.07 Å². The number of aromatic nitrogens is 4. The van der Waals surface area contributed by atoms with Crippen LogP contribution in [0, 0.1) is 0 Å².